The van der Waals surface area contributed by atoms with Gasteiger partial charge in [0, 0.05) is 24.3 Å². The highest BCUT2D eigenvalue weighted by Crippen LogP contribution is 2.13. The second kappa shape index (κ2) is 5.27. The molecule has 0 amide bonds. The van der Waals surface area contributed by atoms with Crippen LogP contribution in [0.3, 0.4) is 0 Å². The van der Waals surface area contributed by atoms with Gasteiger partial charge in [-0.15, -0.1) is 0 Å². The summed E-state index contributed by atoms with van der Waals surface area (Å²) in [7, 11) is 0. The number of hydrogen-bond acceptors (Lipinski definition) is 3. The zero-order valence-electron chi connectivity index (χ0n) is 10.8. The largest absolute Gasteiger partial charge is 0.310 e. The highest BCUT2D eigenvalue weighted by Gasteiger charge is 2.09. The van der Waals surface area contributed by atoms with Gasteiger partial charge in [0.15, 0.2) is 5.82 Å². The van der Waals surface area contributed by atoms with Gasteiger partial charge in [0.1, 0.15) is 5.82 Å². The van der Waals surface area contributed by atoms with Gasteiger partial charge in [0.2, 0.25) is 0 Å². The summed E-state index contributed by atoms with van der Waals surface area (Å²) in [4.78, 5) is 4.13. The maximum absolute atomic E-state index is 13.3. The SMILES string of the molecule is Cc1cnn(-c2ncc(F)cc2CNC(C)C)c1. The zero-order chi connectivity index (χ0) is 13.1. The second-order valence-electron chi connectivity index (χ2n) is 4.63. The van der Waals surface area contributed by atoms with Crippen molar-refractivity contribution < 1.29 is 4.39 Å². The van der Waals surface area contributed by atoms with E-state index in [4.69, 9.17) is 0 Å². The van der Waals surface area contributed by atoms with E-state index in [2.05, 4.69) is 15.4 Å². The first-order chi connectivity index (χ1) is 8.56. The van der Waals surface area contributed by atoms with Crippen LogP contribution in [0, 0.1) is 12.7 Å². The molecule has 5 heteroatoms. The molecule has 4 nitrogen and oxygen atoms in total. The monoisotopic (exact) mass is 248 g/mol. The average molecular weight is 248 g/mol. The summed E-state index contributed by atoms with van der Waals surface area (Å²) in [6.07, 6.45) is 4.84. The van der Waals surface area contributed by atoms with Crippen LogP contribution in [0.5, 0.6) is 0 Å². The lowest BCUT2D eigenvalue weighted by molar-refractivity contribution is 0.574. The molecule has 0 aliphatic rings. The van der Waals surface area contributed by atoms with Gasteiger partial charge in [0.05, 0.1) is 12.4 Å². The molecule has 2 aromatic heterocycles. The van der Waals surface area contributed by atoms with E-state index in [1.807, 2.05) is 27.0 Å². The minimum atomic E-state index is -0.330. The summed E-state index contributed by atoms with van der Waals surface area (Å²) >= 11 is 0. The van der Waals surface area contributed by atoms with Crippen LogP contribution in [0.1, 0.15) is 25.0 Å². The maximum atomic E-state index is 13.3. The van der Waals surface area contributed by atoms with Crippen LogP contribution >= 0.6 is 0 Å². The maximum Gasteiger partial charge on any atom is 0.157 e. The lowest BCUT2D eigenvalue weighted by Gasteiger charge is -2.11. The normalized spacial score (nSPS) is 11.2. The van der Waals surface area contributed by atoms with Crippen molar-refractivity contribution in [3.8, 4) is 5.82 Å². The van der Waals surface area contributed by atoms with Crippen LogP contribution in [0.15, 0.2) is 24.7 Å². The standard InChI is InChI=1S/C13H17FN4/c1-9(2)15-6-11-4-12(14)7-16-13(11)18-8-10(3)5-17-18/h4-5,7-9,15H,6H2,1-3H3. The first-order valence-corrected chi connectivity index (χ1v) is 5.95. The minimum Gasteiger partial charge on any atom is -0.310 e. The van der Waals surface area contributed by atoms with Crippen LogP contribution in [0.2, 0.25) is 0 Å². The fraction of sp³-hybridized carbons (Fsp3) is 0.385. The number of rotatable bonds is 4. The van der Waals surface area contributed by atoms with Crippen LogP contribution in [-0.2, 0) is 6.54 Å². The molecule has 2 aromatic rings. The third-order valence-electron chi connectivity index (χ3n) is 2.54. The molecule has 0 bridgehead atoms. The number of pyridine rings is 1. The first-order valence-electron chi connectivity index (χ1n) is 5.95. The van der Waals surface area contributed by atoms with Crippen LogP contribution in [-0.4, -0.2) is 20.8 Å². The zero-order valence-corrected chi connectivity index (χ0v) is 10.8. The van der Waals surface area contributed by atoms with Crippen molar-refractivity contribution in [1.82, 2.24) is 20.1 Å². The molecule has 2 rings (SSSR count). The van der Waals surface area contributed by atoms with E-state index in [1.165, 1.54) is 12.3 Å². The average Bonchev–Trinajstić information content (AvgIpc) is 2.73. The Morgan fingerprint density at radius 2 is 2.17 bits per heavy atom. The van der Waals surface area contributed by atoms with Gasteiger partial charge in [-0.2, -0.15) is 5.10 Å². The minimum absolute atomic E-state index is 0.330. The third-order valence-corrected chi connectivity index (χ3v) is 2.54. The topological polar surface area (TPSA) is 42.7 Å². The molecule has 2 heterocycles. The summed E-state index contributed by atoms with van der Waals surface area (Å²) in [5, 5.41) is 7.47. The lowest BCUT2D eigenvalue weighted by atomic mass is 10.2. The molecular weight excluding hydrogens is 231 g/mol. The predicted molar refractivity (Wildman–Crippen MR) is 68.0 cm³/mol. The molecular formula is C13H17FN4. The molecule has 0 saturated heterocycles. The highest BCUT2D eigenvalue weighted by atomic mass is 19.1. The summed E-state index contributed by atoms with van der Waals surface area (Å²) < 4.78 is 14.9. The molecule has 0 radical (unpaired) electrons. The molecule has 0 atom stereocenters. The van der Waals surface area contributed by atoms with Crippen molar-refractivity contribution in [3.63, 3.8) is 0 Å². The Bertz CT molecular complexity index is 534. The smallest absolute Gasteiger partial charge is 0.157 e. The van der Waals surface area contributed by atoms with E-state index in [-0.39, 0.29) is 5.82 Å². The van der Waals surface area contributed by atoms with E-state index in [1.54, 1.807) is 10.9 Å². The fourth-order valence-electron chi connectivity index (χ4n) is 1.65. The van der Waals surface area contributed by atoms with Crippen LogP contribution in [0.4, 0.5) is 4.39 Å². The van der Waals surface area contributed by atoms with E-state index in [0.29, 0.717) is 18.4 Å². The number of nitrogens with zero attached hydrogens (tertiary/aromatic N) is 3. The van der Waals surface area contributed by atoms with Gasteiger partial charge in [0.25, 0.3) is 0 Å². The first kappa shape index (κ1) is 12.7. The Morgan fingerprint density at radius 3 is 2.78 bits per heavy atom. The number of nitrogens with one attached hydrogen (secondary N) is 1. The Balaban J connectivity index is 2.34. The van der Waals surface area contributed by atoms with Gasteiger partial charge >= 0.3 is 0 Å². The van der Waals surface area contributed by atoms with Crippen molar-refractivity contribution >= 4 is 0 Å². The molecule has 1 N–H and O–H groups in total. The third kappa shape index (κ3) is 2.92. The van der Waals surface area contributed by atoms with Gasteiger partial charge in [-0.1, -0.05) is 13.8 Å². The van der Waals surface area contributed by atoms with Crippen molar-refractivity contribution in [2.45, 2.75) is 33.4 Å². The predicted octanol–water partition coefficient (Wildman–Crippen LogP) is 2.21. The number of aromatic nitrogens is 3. The van der Waals surface area contributed by atoms with E-state index >= 15 is 0 Å². The van der Waals surface area contributed by atoms with E-state index < -0.39 is 0 Å². The fourth-order valence-corrected chi connectivity index (χ4v) is 1.65. The summed E-state index contributed by atoms with van der Waals surface area (Å²) in [6.45, 7) is 6.62. The molecule has 18 heavy (non-hydrogen) atoms. The van der Waals surface area contributed by atoms with Crippen molar-refractivity contribution in [3.05, 3.63) is 41.6 Å². The summed E-state index contributed by atoms with van der Waals surface area (Å²) in [6, 6.07) is 1.83. The van der Waals surface area contributed by atoms with Gasteiger partial charge in [-0.3, -0.25) is 0 Å². The van der Waals surface area contributed by atoms with Gasteiger partial charge in [-0.05, 0) is 18.6 Å². The van der Waals surface area contributed by atoms with Crippen LogP contribution < -0.4 is 5.32 Å². The van der Waals surface area contributed by atoms with Gasteiger partial charge in [-0.25, -0.2) is 14.1 Å². The number of hydrogen-bond donors (Lipinski definition) is 1. The highest BCUT2D eigenvalue weighted by molar-refractivity contribution is 5.33. The van der Waals surface area contributed by atoms with Crippen LogP contribution in [0.25, 0.3) is 5.82 Å². The molecule has 0 aliphatic heterocycles. The second-order valence-corrected chi connectivity index (χ2v) is 4.63. The molecule has 0 saturated carbocycles. The van der Waals surface area contributed by atoms with Crippen molar-refractivity contribution in [2.75, 3.05) is 0 Å². The lowest BCUT2D eigenvalue weighted by Crippen LogP contribution is -2.23. The quantitative estimate of drug-likeness (QED) is 0.902. The van der Waals surface area contributed by atoms with E-state index in [0.717, 1.165) is 11.1 Å². The Kier molecular flexibility index (Phi) is 3.72. The molecule has 0 spiro atoms. The number of halogens is 1. The van der Waals surface area contributed by atoms with Crippen molar-refractivity contribution in [1.29, 1.82) is 0 Å². The summed E-state index contributed by atoms with van der Waals surface area (Å²) in [5.41, 5.74) is 1.84. The molecule has 0 aliphatic carbocycles. The van der Waals surface area contributed by atoms with Gasteiger partial charge < -0.3 is 5.32 Å². The Labute approximate surface area is 106 Å². The molecule has 96 valence electrons. The molecule has 0 aromatic carbocycles. The van der Waals surface area contributed by atoms with E-state index in [9.17, 15) is 4.39 Å². The Hall–Kier alpha value is -1.75. The molecule has 0 unspecified atom stereocenters. The molecule has 0 fully saturated rings. The number of aryl methyl sites for hydroxylation is 1. The summed E-state index contributed by atoms with van der Waals surface area (Å²) in [5.74, 6) is 0.334. The van der Waals surface area contributed by atoms with Crippen molar-refractivity contribution in [2.24, 2.45) is 0 Å². The Morgan fingerprint density at radius 1 is 1.39 bits per heavy atom.